The number of rotatable bonds is 0. The topological polar surface area (TPSA) is 0 Å². The number of allylic oxidation sites excluding steroid dienone is 1. The maximum atomic E-state index is 2.26. The van der Waals surface area contributed by atoms with Gasteiger partial charge in [0.05, 0.1) is 0 Å². The molecule has 4 aromatic carbocycles. The largest absolute Gasteiger partial charge is 3.00 e. The second-order valence-corrected chi connectivity index (χ2v) is 5.73. The van der Waals surface area contributed by atoms with E-state index >= 15 is 0 Å². The van der Waals surface area contributed by atoms with E-state index in [0.717, 1.165) is 0 Å². The van der Waals surface area contributed by atoms with E-state index in [4.69, 9.17) is 0 Å². The summed E-state index contributed by atoms with van der Waals surface area (Å²) in [5.74, 6) is 0. The average Bonchev–Trinajstić information content (AvgIpc) is 3.15. The molecule has 1 aliphatic carbocycles. The van der Waals surface area contributed by atoms with Gasteiger partial charge in [0, 0.05) is 0 Å². The van der Waals surface area contributed by atoms with Gasteiger partial charge in [-0.3, -0.25) is 0 Å². The summed E-state index contributed by atoms with van der Waals surface area (Å²) in [6.45, 7) is 2.18. The van der Waals surface area contributed by atoms with Crippen LogP contribution in [-0.2, 0) is 26.2 Å². The molecule has 0 spiro atoms. The van der Waals surface area contributed by atoms with E-state index in [9.17, 15) is 0 Å². The summed E-state index contributed by atoms with van der Waals surface area (Å²) in [6, 6.07) is 27.7. The Morgan fingerprint density at radius 2 is 1.40 bits per heavy atom. The minimum absolute atomic E-state index is 0. The van der Waals surface area contributed by atoms with E-state index in [2.05, 4.69) is 91.9 Å². The van der Waals surface area contributed by atoms with Crippen LogP contribution in [0.4, 0.5) is 0 Å². The predicted octanol–water partition coefficient (Wildman–Crippen LogP) is 7.17. The van der Waals surface area contributed by atoms with E-state index in [1.165, 1.54) is 38.2 Å². The van der Waals surface area contributed by atoms with Crippen LogP contribution in [-0.4, -0.2) is 0 Å². The summed E-state index contributed by atoms with van der Waals surface area (Å²) in [5.41, 5.74) is 4.14. The van der Waals surface area contributed by atoms with Crippen molar-refractivity contribution in [3.8, 4) is 0 Å². The van der Waals surface area contributed by atoms with E-state index < -0.39 is 0 Å². The molecule has 25 heavy (non-hydrogen) atoms. The number of benzene rings is 3. The third-order valence-corrected chi connectivity index (χ3v) is 4.28. The van der Waals surface area contributed by atoms with Crippen LogP contribution in [0.1, 0.15) is 18.1 Å². The minimum atomic E-state index is 0. The molecule has 0 amide bonds. The normalized spacial score (nSPS) is 10.7. The number of hydrogen-bond donors (Lipinski definition) is 0. The molecule has 123 valence electrons. The Labute approximate surface area is 170 Å². The zero-order chi connectivity index (χ0) is 14.9. The first-order valence-electron chi connectivity index (χ1n) is 7.64. The standard InChI is InChI=1S/C13H10.C9H7.2CH3.Zr/c1-9-8-11-6-2-4-10-5-3-7-12(9)13(10)11;1-2-5-9-7-3-6-8(9)4-1;;;/h2-8H,1H3;1-7H;2*1H3;/q;3*-1;+3. The van der Waals surface area contributed by atoms with E-state index in [-0.39, 0.29) is 41.1 Å². The summed E-state index contributed by atoms with van der Waals surface area (Å²) in [5, 5.41) is 5.43. The van der Waals surface area contributed by atoms with Gasteiger partial charge in [-0.2, -0.15) is 17.5 Å². The van der Waals surface area contributed by atoms with Crippen molar-refractivity contribution in [3.05, 3.63) is 105 Å². The molecule has 0 saturated heterocycles. The molecule has 0 heterocycles. The van der Waals surface area contributed by atoms with Gasteiger partial charge in [-0.05, 0) is 34.4 Å². The number of fused-ring (bicyclic) bond motifs is 1. The Morgan fingerprint density at radius 3 is 2.16 bits per heavy atom. The molecule has 1 radical (unpaired) electrons. The minimum Gasteiger partial charge on any atom is -0.358 e. The van der Waals surface area contributed by atoms with Crippen LogP contribution >= 0.6 is 0 Å². The van der Waals surface area contributed by atoms with Gasteiger partial charge >= 0.3 is 26.2 Å². The Balaban J connectivity index is 0.000000234. The second kappa shape index (κ2) is 9.02. The molecule has 0 aliphatic heterocycles. The molecule has 0 unspecified atom stereocenters. The van der Waals surface area contributed by atoms with Crippen molar-refractivity contribution < 1.29 is 26.2 Å². The third kappa shape index (κ3) is 4.05. The SMILES string of the molecule is CC1=Cc2cccc3cccc1c23.[CH3-].[CH3-].[Zr+3].c1ccc2[cH-]ccc2c1. The first-order chi connectivity index (χ1) is 10.8. The van der Waals surface area contributed by atoms with E-state index in [1.54, 1.807) is 0 Å². The molecule has 5 rings (SSSR count). The molecule has 0 fully saturated rings. The zero-order valence-electron chi connectivity index (χ0n) is 15.1. The van der Waals surface area contributed by atoms with Gasteiger partial charge < -0.3 is 14.9 Å². The van der Waals surface area contributed by atoms with Crippen LogP contribution in [0.3, 0.4) is 0 Å². The molecular weight excluding hydrogens is 379 g/mol. The summed E-state index contributed by atoms with van der Waals surface area (Å²) >= 11 is 0. The van der Waals surface area contributed by atoms with Gasteiger partial charge in [-0.1, -0.05) is 48.5 Å². The van der Waals surface area contributed by atoms with Crippen LogP contribution in [0.25, 0.3) is 33.2 Å². The summed E-state index contributed by atoms with van der Waals surface area (Å²) in [4.78, 5) is 0. The fourth-order valence-electron chi connectivity index (χ4n) is 3.20. The smallest absolute Gasteiger partial charge is 0.358 e. The van der Waals surface area contributed by atoms with Crippen molar-refractivity contribution in [2.24, 2.45) is 0 Å². The van der Waals surface area contributed by atoms with Crippen molar-refractivity contribution in [1.29, 1.82) is 0 Å². The molecule has 0 N–H and O–H groups in total. The third-order valence-electron chi connectivity index (χ3n) is 4.28. The van der Waals surface area contributed by atoms with Crippen LogP contribution < -0.4 is 0 Å². The Bertz CT molecular complexity index is 954. The Hall–Kier alpha value is -1.85. The summed E-state index contributed by atoms with van der Waals surface area (Å²) in [6.07, 6.45) is 2.26. The fourth-order valence-corrected chi connectivity index (χ4v) is 3.20. The van der Waals surface area contributed by atoms with Crippen LogP contribution in [0.5, 0.6) is 0 Å². The van der Waals surface area contributed by atoms with Gasteiger partial charge in [-0.15, -0.1) is 29.7 Å². The van der Waals surface area contributed by atoms with Gasteiger partial charge in [0.25, 0.3) is 0 Å². The van der Waals surface area contributed by atoms with Crippen LogP contribution in [0.2, 0.25) is 0 Å². The van der Waals surface area contributed by atoms with Crippen molar-refractivity contribution in [2.75, 3.05) is 0 Å². The van der Waals surface area contributed by atoms with Gasteiger partial charge in [-0.25, -0.2) is 0 Å². The van der Waals surface area contributed by atoms with Crippen molar-refractivity contribution in [1.82, 2.24) is 0 Å². The molecule has 0 aromatic heterocycles. The molecule has 4 aromatic rings. The van der Waals surface area contributed by atoms with Crippen LogP contribution in [0.15, 0.2) is 78.9 Å². The molecule has 1 aliphatic rings. The zero-order valence-corrected chi connectivity index (χ0v) is 17.5. The van der Waals surface area contributed by atoms with E-state index in [1.807, 2.05) is 0 Å². The molecule has 0 saturated carbocycles. The maximum Gasteiger partial charge on any atom is 3.00 e. The van der Waals surface area contributed by atoms with Crippen molar-refractivity contribution >= 4 is 33.2 Å². The van der Waals surface area contributed by atoms with Gasteiger partial charge in [0.1, 0.15) is 0 Å². The molecular formula is C24H23Zr. The molecule has 0 nitrogen and oxygen atoms in total. The second-order valence-electron chi connectivity index (χ2n) is 5.73. The quantitative estimate of drug-likeness (QED) is 0.273. The molecule has 1 heteroatoms. The van der Waals surface area contributed by atoms with Gasteiger partial charge in [0.15, 0.2) is 0 Å². The Morgan fingerprint density at radius 1 is 0.720 bits per heavy atom. The summed E-state index contributed by atoms with van der Waals surface area (Å²) in [7, 11) is 0. The van der Waals surface area contributed by atoms with Crippen LogP contribution in [0, 0.1) is 14.9 Å². The van der Waals surface area contributed by atoms with Crippen molar-refractivity contribution in [2.45, 2.75) is 6.92 Å². The first kappa shape index (κ1) is 21.2. The maximum absolute atomic E-state index is 2.26. The Kier molecular flexibility index (Phi) is 7.65. The average molecular weight is 403 g/mol. The fraction of sp³-hybridized carbons (Fsp3) is 0.0417. The molecule has 0 bridgehead atoms. The monoisotopic (exact) mass is 401 g/mol. The predicted molar refractivity (Wildman–Crippen MR) is 110 cm³/mol. The first-order valence-corrected chi connectivity index (χ1v) is 7.64. The van der Waals surface area contributed by atoms with E-state index in [0.29, 0.717) is 0 Å². The number of hydrogen-bond acceptors (Lipinski definition) is 0. The van der Waals surface area contributed by atoms with Crippen molar-refractivity contribution in [3.63, 3.8) is 0 Å². The van der Waals surface area contributed by atoms with Gasteiger partial charge in [0.2, 0.25) is 0 Å². The summed E-state index contributed by atoms with van der Waals surface area (Å²) < 4.78 is 0. The molecule has 0 atom stereocenters.